The number of carboxylic acids is 1. The molecule has 18 heavy (non-hydrogen) atoms. The summed E-state index contributed by atoms with van der Waals surface area (Å²) in [7, 11) is 1.86. The number of hydrogen-bond acceptors (Lipinski definition) is 3. The van der Waals surface area contributed by atoms with Gasteiger partial charge in [0.05, 0.1) is 5.41 Å². The maximum Gasteiger partial charge on any atom is 0.315 e. The van der Waals surface area contributed by atoms with Crippen LogP contribution in [-0.2, 0) is 4.79 Å². The van der Waals surface area contributed by atoms with Crippen molar-refractivity contribution in [3.8, 4) is 0 Å². The predicted octanol–water partition coefficient (Wildman–Crippen LogP) is 0.539. The smallest absolute Gasteiger partial charge is 0.315 e. The molecule has 0 bridgehead atoms. The molecule has 0 aliphatic heterocycles. The average Bonchev–Trinajstić information content (AvgIpc) is 2.68. The van der Waals surface area contributed by atoms with Gasteiger partial charge in [-0.15, -0.1) is 0 Å². The fourth-order valence-corrected chi connectivity index (χ4v) is 2.33. The largest absolute Gasteiger partial charge is 0.481 e. The highest BCUT2D eigenvalue weighted by Gasteiger charge is 2.45. The van der Waals surface area contributed by atoms with E-state index in [1.807, 2.05) is 7.05 Å². The molecule has 2 amide bonds. The van der Waals surface area contributed by atoms with E-state index >= 15 is 0 Å². The van der Waals surface area contributed by atoms with Gasteiger partial charge in [0.2, 0.25) is 0 Å². The normalized spacial score (nSPS) is 26.9. The Morgan fingerprint density at radius 3 is 2.72 bits per heavy atom. The molecule has 4 N–H and O–H groups in total. The highest BCUT2D eigenvalue weighted by atomic mass is 16.4. The second kappa shape index (κ2) is 6.58. The third kappa shape index (κ3) is 3.60. The first-order chi connectivity index (χ1) is 8.50. The maximum absolute atomic E-state index is 11.6. The van der Waals surface area contributed by atoms with Gasteiger partial charge in [-0.1, -0.05) is 6.42 Å². The number of amides is 2. The van der Waals surface area contributed by atoms with Crippen LogP contribution in [0.15, 0.2) is 0 Å². The van der Waals surface area contributed by atoms with Gasteiger partial charge in [0.25, 0.3) is 0 Å². The fraction of sp³-hybridized carbons (Fsp3) is 0.833. The van der Waals surface area contributed by atoms with Crippen molar-refractivity contribution in [2.24, 2.45) is 5.41 Å². The first-order valence-corrected chi connectivity index (χ1v) is 6.43. The van der Waals surface area contributed by atoms with Crippen LogP contribution in [-0.4, -0.2) is 43.3 Å². The first-order valence-electron chi connectivity index (χ1n) is 6.43. The summed E-state index contributed by atoms with van der Waals surface area (Å²) in [5.41, 5.74) is -0.831. The SMILES string of the molecule is CNCCCNC(=O)NC1CCCC1(C)C(=O)O. The molecule has 2 unspecified atom stereocenters. The molecular formula is C12H23N3O3. The van der Waals surface area contributed by atoms with Crippen LogP contribution in [0, 0.1) is 5.41 Å². The van der Waals surface area contributed by atoms with E-state index < -0.39 is 11.4 Å². The van der Waals surface area contributed by atoms with Gasteiger partial charge in [-0.25, -0.2) is 4.79 Å². The van der Waals surface area contributed by atoms with Gasteiger partial charge in [-0.05, 0) is 39.8 Å². The molecule has 1 saturated carbocycles. The number of carbonyl (C=O) groups is 2. The van der Waals surface area contributed by atoms with E-state index in [9.17, 15) is 14.7 Å². The Labute approximate surface area is 108 Å². The van der Waals surface area contributed by atoms with Gasteiger partial charge >= 0.3 is 12.0 Å². The number of carboxylic acid groups (broad SMARTS) is 1. The summed E-state index contributed by atoms with van der Waals surface area (Å²) in [5.74, 6) is -0.833. The monoisotopic (exact) mass is 257 g/mol. The number of aliphatic carboxylic acids is 1. The van der Waals surface area contributed by atoms with Gasteiger partial charge in [0.15, 0.2) is 0 Å². The van der Waals surface area contributed by atoms with Crippen molar-refractivity contribution in [1.82, 2.24) is 16.0 Å². The molecule has 0 heterocycles. The van der Waals surface area contributed by atoms with Crippen LogP contribution in [0.3, 0.4) is 0 Å². The molecule has 0 spiro atoms. The molecule has 0 aromatic heterocycles. The summed E-state index contributed by atoms with van der Waals surface area (Å²) in [5, 5.41) is 17.7. The number of rotatable bonds is 6. The molecule has 1 rings (SSSR count). The maximum atomic E-state index is 11.6. The minimum atomic E-state index is -0.833. The van der Waals surface area contributed by atoms with E-state index in [0.29, 0.717) is 13.0 Å². The lowest BCUT2D eigenvalue weighted by Gasteiger charge is -2.27. The second-order valence-corrected chi connectivity index (χ2v) is 5.02. The van der Waals surface area contributed by atoms with Crippen LogP contribution in [0.2, 0.25) is 0 Å². The molecule has 2 atom stereocenters. The molecule has 0 saturated heterocycles. The lowest BCUT2D eigenvalue weighted by molar-refractivity contribution is -0.148. The topological polar surface area (TPSA) is 90.5 Å². The van der Waals surface area contributed by atoms with Crippen LogP contribution < -0.4 is 16.0 Å². The van der Waals surface area contributed by atoms with Crippen molar-refractivity contribution in [3.63, 3.8) is 0 Å². The highest BCUT2D eigenvalue weighted by Crippen LogP contribution is 2.38. The van der Waals surface area contributed by atoms with Crippen molar-refractivity contribution in [3.05, 3.63) is 0 Å². The predicted molar refractivity (Wildman–Crippen MR) is 68.5 cm³/mol. The Balaban J connectivity index is 2.37. The van der Waals surface area contributed by atoms with Crippen molar-refractivity contribution >= 4 is 12.0 Å². The first kappa shape index (κ1) is 14.8. The average molecular weight is 257 g/mol. The minimum Gasteiger partial charge on any atom is -0.481 e. The van der Waals surface area contributed by atoms with Gasteiger partial charge in [0, 0.05) is 12.6 Å². The Morgan fingerprint density at radius 2 is 2.11 bits per heavy atom. The van der Waals surface area contributed by atoms with E-state index in [0.717, 1.165) is 25.8 Å². The number of carbonyl (C=O) groups excluding carboxylic acids is 1. The van der Waals surface area contributed by atoms with Gasteiger partial charge in [0.1, 0.15) is 0 Å². The lowest BCUT2D eigenvalue weighted by Crippen LogP contribution is -2.50. The van der Waals surface area contributed by atoms with E-state index in [-0.39, 0.29) is 12.1 Å². The van der Waals surface area contributed by atoms with E-state index in [2.05, 4.69) is 16.0 Å². The zero-order valence-corrected chi connectivity index (χ0v) is 11.1. The Morgan fingerprint density at radius 1 is 1.39 bits per heavy atom. The van der Waals surface area contributed by atoms with Gasteiger partial charge < -0.3 is 21.1 Å². The summed E-state index contributed by atoms with van der Waals surface area (Å²) in [4.78, 5) is 22.9. The molecule has 6 heteroatoms. The zero-order valence-electron chi connectivity index (χ0n) is 11.1. The lowest BCUT2D eigenvalue weighted by atomic mass is 9.85. The minimum absolute atomic E-state index is 0.273. The molecule has 1 fully saturated rings. The third-order valence-electron chi connectivity index (χ3n) is 3.64. The van der Waals surface area contributed by atoms with E-state index in [4.69, 9.17) is 0 Å². The standard InChI is InChI=1S/C12H23N3O3/c1-12(10(16)17)6-3-5-9(12)15-11(18)14-8-4-7-13-2/h9,13H,3-8H2,1-2H3,(H,16,17)(H2,14,15,18). The summed E-state index contributed by atoms with van der Waals surface area (Å²) in [6.07, 6.45) is 3.04. The number of nitrogens with one attached hydrogen (secondary N) is 3. The molecule has 6 nitrogen and oxygen atoms in total. The second-order valence-electron chi connectivity index (χ2n) is 5.02. The van der Waals surface area contributed by atoms with Crippen LogP contribution >= 0.6 is 0 Å². The molecule has 1 aliphatic rings. The van der Waals surface area contributed by atoms with Crippen molar-refractivity contribution in [2.75, 3.05) is 20.1 Å². The summed E-state index contributed by atoms with van der Waals surface area (Å²) >= 11 is 0. The number of urea groups is 1. The molecular weight excluding hydrogens is 234 g/mol. The Kier molecular flexibility index (Phi) is 5.40. The van der Waals surface area contributed by atoms with E-state index in [1.54, 1.807) is 6.92 Å². The summed E-state index contributed by atoms with van der Waals surface area (Å²) in [6, 6.07) is -0.551. The molecule has 1 aliphatic carbocycles. The number of hydrogen-bond donors (Lipinski definition) is 4. The van der Waals surface area contributed by atoms with Crippen molar-refractivity contribution in [2.45, 2.75) is 38.6 Å². The quantitative estimate of drug-likeness (QED) is 0.523. The van der Waals surface area contributed by atoms with Crippen LogP contribution in [0.5, 0.6) is 0 Å². The molecule has 0 aromatic rings. The van der Waals surface area contributed by atoms with Crippen LogP contribution in [0.25, 0.3) is 0 Å². The van der Waals surface area contributed by atoms with Gasteiger partial charge in [-0.3, -0.25) is 4.79 Å². The van der Waals surface area contributed by atoms with Crippen molar-refractivity contribution in [1.29, 1.82) is 0 Å². The molecule has 0 aromatic carbocycles. The van der Waals surface area contributed by atoms with Gasteiger partial charge in [-0.2, -0.15) is 0 Å². The van der Waals surface area contributed by atoms with Crippen molar-refractivity contribution < 1.29 is 14.7 Å². The Hall–Kier alpha value is -1.30. The Bertz CT molecular complexity index is 309. The third-order valence-corrected chi connectivity index (χ3v) is 3.64. The highest BCUT2D eigenvalue weighted by molar-refractivity contribution is 5.79. The van der Waals surface area contributed by atoms with Crippen LogP contribution in [0.4, 0.5) is 4.79 Å². The van der Waals surface area contributed by atoms with E-state index in [1.165, 1.54) is 0 Å². The zero-order chi connectivity index (χ0) is 13.6. The van der Waals surface area contributed by atoms with Crippen LogP contribution in [0.1, 0.15) is 32.6 Å². The summed E-state index contributed by atoms with van der Waals surface area (Å²) in [6.45, 7) is 3.13. The molecule has 0 radical (unpaired) electrons. The summed E-state index contributed by atoms with van der Waals surface area (Å²) < 4.78 is 0. The fourth-order valence-electron chi connectivity index (χ4n) is 2.33. The molecule has 104 valence electrons.